The monoisotopic (exact) mass is 330 g/mol. The summed E-state index contributed by atoms with van der Waals surface area (Å²) in [4.78, 5) is 25.1. The summed E-state index contributed by atoms with van der Waals surface area (Å²) in [6, 6.07) is 8.29. The van der Waals surface area contributed by atoms with Crippen LogP contribution in [-0.2, 0) is 15.0 Å². The molecule has 4 nitrogen and oxygen atoms in total. The van der Waals surface area contributed by atoms with Crippen LogP contribution in [0, 0.1) is 5.92 Å². The lowest BCUT2D eigenvalue weighted by Crippen LogP contribution is -2.40. The van der Waals surface area contributed by atoms with Gasteiger partial charge in [-0.3, -0.25) is 9.59 Å². The van der Waals surface area contributed by atoms with Crippen LogP contribution in [-0.4, -0.2) is 30.3 Å². The van der Waals surface area contributed by atoms with E-state index in [1.807, 2.05) is 0 Å². The van der Waals surface area contributed by atoms with Crippen molar-refractivity contribution in [3.05, 3.63) is 48.0 Å². The van der Waals surface area contributed by atoms with E-state index in [1.165, 1.54) is 16.5 Å². The summed E-state index contributed by atoms with van der Waals surface area (Å²) in [6.07, 6.45) is 1.21. The number of amides is 2. The molecule has 0 aromatic heterocycles. The number of hydrogen-bond acceptors (Lipinski definition) is 2. The zero-order chi connectivity index (χ0) is 18.5. The van der Waals surface area contributed by atoms with Gasteiger partial charge in [-0.2, -0.15) is 0 Å². The Morgan fingerprint density at radius 3 is 2.17 bits per heavy atom. The summed E-state index contributed by atoms with van der Waals surface area (Å²) in [5.74, 6) is -0.193. The second kappa shape index (κ2) is 8.13. The van der Waals surface area contributed by atoms with E-state index >= 15 is 0 Å². The van der Waals surface area contributed by atoms with Crippen LogP contribution >= 0.6 is 0 Å². The van der Waals surface area contributed by atoms with Crippen molar-refractivity contribution in [2.45, 2.75) is 46.1 Å². The van der Waals surface area contributed by atoms with Crippen molar-refractivity contribution in [3.8, 4) is 0 Å². The molecule has 2 amide bonds. The van der Waals surface area contributed by atoms with E-state index in [4.69, 9.17) is 0 Å². The van der Waals surface area contributed by atoms with Gasteiger partial charge in [0.25, 0.3) is 0 Å². The molecule has 132 valence electrons. The highest BCUT2D eigenvalue weighted by Crippen LogP contribution is 2.26. The van der Waals surface area contributed by atoms with Crippen molar-refractivity contribution in [3.63, 3.8) is 0 Å². The minimum Gasteiger partial charge on any atom is -0.348 e. The van der Waals surface area contributed by atoms with E-state index < -0.39 is 0 Å². The van der Waals surface area contributed by atoms with Crippen molar-refractivity contribution in [2.24, 2.45) is 5.92 Å². The first kappa shape index (κ1) is 19.9. The number of benzene rings is 1. The van der Waals surface area contributed by atoms with Gasteiger partial charge in [-0.1, -0.05) is 65.5 Å². The van der Waals surface area contributed by atoms with Crippen LogP contribution in [0.15, 0.2) is 36.9 Å². The van der Waals surface area contributed by atoms with Gasteiger partial charge >= 0.3 is 0 Å². The van der Waals surface area contributed by atoms with E-state index in [2.05, 4.69) is 70.8 Å². The highest BCUT2D eigenvalue weighted by Gasteiger charge is 2.21. The Hall–Kier alpha value is -2.10. The summed E-state index contributed by atoms with van der Waals surface area (Å²) in [5.41, 5.74) is 2.43. The number of nitrogens with zero attached hydrogens (tertiary/aromatic N) is 1. The Bertz CT molecular complexity index is 583. The molecule has 0 aliphatic rings. The fourth-order valence-corrected chi connectivity index (χ4v) is 2.49. The molecule has 0 fully saturated rings. The lowest BCUT2D eigenvalue weighted by molar-refractivity contribution is -0.131. The predicted molar refractivity (Wildman–Crippen MR) is 98.7 cm³/mol. The first-order valence-corrected chi connectivity index (χ1v) is 8.33. The van der Waals surface area contributed by atoms with Crippen LogP contribution in [0.2, 0.25) is 0 Å². The summed E-state index contributed by atoms with van der Waals surface area (Å²) in [6.45, 7) is 14.1. The number of nitrogens with one attached hydrogen (secondary N) is 1. The van der Waals surface area contributed by atoms with Gasteiger partial charge in [-0.05, 0) is 28.5 Å². The second-order valence-corrected chi connectivity index (χ2v) is 7.56. The minimum atomic E-state index is -0.263. The van der Waals surface area contributed by atoms with Gasteiger partial charge in [0, 0.05) is 7.05 Å². The lowest BCUT2D eigenvalue weighted by atomic mass is 9.85. The van der Waals surface area contributed by atoms with Gasteiger partial charge < -0.3 is 10.2 Å². The third-order valence-corrected chi connectivity index (χ3v) is 4.05. The standard InChI is InChI=1S/C20H30N2O2/c1-8-18(24)22(7)13-17(23)21-19(14(2)3)15-9-11-16(12-10-15)20(4,5)6/h8-12,14,19H,1,13H2,2-7H3,(H,21,23). The number of carbonyl (C=O) groups excluding carboxylic acids is 2. The van der Waals surface area contributed by atoms with E-state index in [9.17, 15) is 9.59 Å². The summed E-state index contributed by atoms with van der Waals surface area (Å²) in [7, 11) is 1.59. The normalized spacial score (nSPS) is 12.6. The van der Waals surface area contributed by atoms with Crippen LogP contribution in [0.4, 0.5) is 0 Å². The van der Waals surface area contributed by atoms with Crippen LogP contribution in [0.5, 0.6) is 0 Å². The van der Waals surface area contributed by atoms with Crippen LogP contribution in [0.25, 0.3) is 0 Å². The second-order valence-electron chi connectivity index (χ2n) is 7.56. The van der Waals surface area contributed by atoms with E-state index in [0.29, 0.717) is 0 Å². The molecule has 24 heavy (non-hydrogen) atoms. The molecule has 0 aliphatic heterocycles. The molecule has 1 aromatic carbocycles. The maximum absolute atomic E-state index is 12.2. The molecule has 0 radical (unpaired) electrons. The maximum Gasteiger partial charge on any atom is 0.246 e. The average Bonchev–Trinajstić information content (AvgIpc) is 2.50. The van der Waals surface area contributed by atoms with E-state index in [0.717, 1.165) is 5.56 Å². The Labute approximate surface area is 145 Å². The highest BCUT2D eigenvalue weighted by atomic mass is 16.2. The molecule has 0 bridgehead atoms. The van der Waals surface area contributed by atoms with Crippen LogP contribution in [0.3, 0.4) is 0 Å². The Morgan fingerprint density at radius 2 is 1.75 bits per heavy atom. The number of likely N-dealkylation sites (N-methyl/N-ethyl adjacent to an activating group) is 1. The van der Waals surface area contributed by atoms with Gasteiger partial charge in [0.2, 0.25) is 11.8 Å². The van der Waals surface area contributed by atoms with Gasteiger partial charge in [-0.15, -0.1) is 0 Å². The molecule has 1 aromatic rings. The average molecular weight is 330 g/mol. The first-order valence-electron chi connectivity index (χ1n) is 8.33. The van der Waals surface area contributed by atoms with Crippen molar-refractivity contribution < 1.29 is 9.59 Å². The molecule has 1 unspecified atom stereocenters. The molecular weight excluding hydrogens is 300 g/mol. The fraction of sp³-hybridized carbons (Fsp3) is 0.500. The smallest absolute Gasteiger partial charge is 0.246 e. The van der Waals surface area contributed by atoms with Gasteiger partial charge in [0.05, 0.1) is 12.6 Å². The third-order valence-electron chi connectivity index (χ3n) is 4.05. The molecule has 4 heteroatoms. The number of rotatable bonds is 6. The summed E-state index contributed by atoms with van der Waals surface area (Å²) in [5, 5.41) is 3.03. The molecule has 0 aliphatic carbocycles. The SMILES string of the molecule is C=CC(=O)N(C)CC(=O)NC(c1ccc(C(C)(C)C)cc1)C(C)C. The molecule has 0 spiro atoms. The van der Waals surface area contributed by atoms with Crippen LogP contribution in [0.1, 0.15) is 51.8 Å². The van der Waals surface area contributed by atoms with Gasteiger partial charge in [0.15, 0.2) is 0 Å². The third kappa shape index (κ3) is 5.52. The largest absolute Gasteiger partial charge is 0.348 e. The van der Waals surface area contributed by atoms with Gasteiger partial charge in [0.1, 0.15) is 0 Å². The van der Waals surface area contributed by atoms with Crippen molar-refractivity contribution in [2.75, 3.05) is 13.6 Å². The van der Waals surface area contributed by atoms with Gasteiger partial charge in [-0.25, -0.2) is 0 Å². The highest BCUT2D eigenvalue weighted by molar-refractivity contribution is 5.90. The maximum atomic E-state index is 12.2. The first-order chi connectivity index (χ1) is 11.1. The molecule has 1 N–H and O–H groups in total. The quantitative estimate of drug-likeness (QED) is 0.812. The van der Waals surface area contributed by atoms with Crippen molar-refractivity contribution in [1.82, 2.24) is 10.2 Å². The topological polar surface area (TPSA) is 49.4 Å². The Kier molecular flexibility index (Phi) is 6.76. The molecular formula is C20H30N2O2. The van der Waals surface area contributed by atoms with Crippen molar-refractivity contribution >= 4 is 11.8 Å². The molecule has 1 rings (SSSR count). The van der Waals surface area contributed by atoms with Crippen molar-refractivity contribution in [1.29, 1.82) is 0 Å². The zero-order valence-corrected chi connectivity index (χ0v) is 15.7. The molecule has 1 atom stereocenters. The molecule has 0 saturated carbocycles. The molecule has 0 saturated heterocycles. The minimum absolute atomic E-state index is 0.0220. The lowest BCUT2D eigenvalue weighted by Gasteiger charge is -2.26. The van der Waals surface area contributed by atoms with E-state index in [-0.39, 0.29) is 35.7 Å². The number of carbonyl (C=O) groups is 2. The number of hydrogen-bond donors (Lipinski definition) is 1. The predicted octanol–water partition coefficient (Wildman–Crippen LogP) is 3.44. The molecule has 0 heterocycles. The van der Waals surface area contributed by atoms with E-state index in [1.54, 1.807) is 7.05 Å². The summed E-state index contributed by atoms with van der Waals surface area (Å²) >= 11 is 0. The summed E-state index contributed by atoms with van der Waals surface area (Å²) < 4.78 is 0. The zero-order valence-electron chi connectivity index (χ0n) is 15.7. The Balaban J connectivity index is 2.86. The fourth-order valence-electron chi connectivity index (χ4n) is 2.49. The Morgan fingerprint density at radius 1 is 1.21 bits per heavy atom. The van der Waals surface area contributed by atoms with Crippen LogP contribution < -0.4 is 5.32 Å².